The van der Waals surface area contributed by atoms with Crippen molar-refractivity contribution in [3.8, 4) is 0 Å². The van der Waals surface area contributed by atoms with Gasteiger partial charge in [0.15, 0.2) is 0 Å². The van der Waals surface area contributed by atoms with Gasteiger partial charge in [0.2, 0.25) is 11.8 Å². The standard InChI is InChI=1S/C30H35ClN2O2/c1-4-23(3)32-30(35)28(20-25-8-6-5-7-9-25)33(21-26-14-17-27(31)18-15-26)29(34)19-16-24-12-10-22(2)11-13-24/h5-15,17-18,23,28H,4,16,19-21H2,1-3H3,(H,32,35)/t23-,28+/m0/s1. The molecule has 3 aromatic rings. The molecule has 3 rings (SSSR count). The van der Waals surface area contributed by atoms with E-state index in [9.17, 15) is 9.59 Å². The van der Waals surface area contributed by atoms with Gasteiger partial charge < -0.3 is 10.2 Å². The molecule has 2 atom stereocenters. The summed E-state index contributed by atoms with van der Waals surface area (Å²) in [6.45, 7) is 6.41. The molecule has 0 saturated heterocycles. The number of rotatable bonds is 11. The van der Waals surface area contributed by atoms with Crippen LogP contribution in [0.5, 0.6) is 0 Å². The molecule has 2 amide bonds. The fraction of sp³-hybridized carbons (Fsp3) is 0.333. The van der Waals surface area contributed by atoms with Crippen LogP contribution in [0.15, 0.2) is 78.9 Å². The SMILES string of the molecule is CC[C@H](C)NC(=O)[C@@H](Cc1ccccc1)N(Cc1ccc(Cl)cc1)C(=O)CCc1ccc(C)cc1. The Balaban J connectivity index is 1.89. The first-order valence-electron chi connectivity index (χ1n) is 12.3. The summed E-state index contributed by atoms with van der Waals surface area (Å²) in [4.78, 5) is 28.9. The Morgan fingerprint density at radius 1 is 0.886 bits per heavy atom. The number of hydrogen-bond donors (Lipinski definition) is 1. The molecule has 0 unspecified atom stereocenters. The van der Waals surface area contributed by atoms with Gasteiger partial charge in [-0.1, -0.05) is 90.8 Å². The maximum absolute atomic E-state index is 13.7. The molecule has 184 valence electrons. The zero-order valence-electron chi connectivity index (χ0n) is 20.8. The highest BCUT2D eigenvalue weighted by molar-refractivity contribution is 6.30. The van der Waals surface area contributed by atoms with Crippen molar-refractivity contribution in [2.45, 2.75) is 65.1 Å². The van der Waals surface area contributed by atoms with Crippen LogP contribution < -0.4 is 5.32 Å². The molecule has 0 saturated carbocycles. The van der Waals surface area contributed by atoms with Crippen molar-refractivity contribution in [2.24, 2.45) is 0 Å². The average Bonchev–Trinajstić information content (AvgIpc) is 2.87. The molecular formula is C30H35ClN2O2. The minimum atomic E-state index is -0.618. The minimum absolute atomic E-state index is 0.0285. The van der Waals surface area contributed by atoms with Gasteiger partial charge in [-0.05, 0) is 55.5 Å². The quantitative estimate of drug-likeness (QED) is 0.351. The molecule has 35 heavy (non-hydrogen) atoms. The van der Waals surface area contributed by atoms with Crippen molar-refractivity contribution in [2.75, 3.05) is 0 Å². The molecule has 1 N–H and O–H groups in total. The lowest BCUT2D eigenvalue weighted by Crippen LogP contribution is -2.52. The van der Waals surface area contributed by atoms with Crippen LogP contribution in [0.4, 0.5) is 0 Å². The predicted molar refractivity (Wildman–Crippen MR) is 143 cm³/mol. The smallest absolute Gasteiger partial charge is 0.243 e. The third kappa shape index (κ3) is 8.25. The molecule has 3 aromatic carbocycles. The molecule has 0 radical (unpaired) electrons. The molecule has 0 aromatic heterocycles. The number of hydrogen-bond acceptors (Lipinski definition) is 2. The summed E-state index contributed by atoms with van der Waals surface area (Å²) < 4.78 is 0. The van der Waals surface area contributed by atoms with Crippen LogP contribution in [-0.4, -0.2) is 28.8 Å². The van der Waals surface area contributed by atoms with Crippen LogP contribution in [0.2, 0.25) is 5.02 Å². The number of nitrogens with zero attached hydrogens (tertiary/aromatic N) is 1. The van der Waals surface area contributed by atoms with Gasteiger partial charge in [-0.15, -0.1) is 0 Å². The first kappa shape index (κ1) is 26.5. The Kier molecular flexibility index (Phi) is 9.92. The molecule has 4 nitrogen and oxygen atoms in total. The predicted octanol–water partition coefficient (Wildman–Crippen LogP) is 6.14. The van der Waals surface area contributed by atoms with Gasteiger partial charge in [0, 0.05) is 30.5 Å². The van der Waals surface area contributed by atoms with E-state index in [-0.39, 0.29) is 17.9 Å². The maximum atomic E-state index is 13.7. The third-order valence-electron chi connectivity index (χ3n) is 6.29. The van der Waals surface area contributed by atoms with Gasteiger partial charge in [-0.2, -0.15) is 0 Å². The van der Waals surface area contributed by atoms with Gasteiger partial charge in [-0.25, -0.2) is 0 Å². The van der Waals surface area contributed by atoms with Crippen LogP contribution in [0.25, 0.3) is 0 Å². The summed E-state index contributed by atoms with van der Waals surface area (Å²) in [5.41, 5.74) is 4.25. The van der Waals surface area contributed by atoms with Crippen molar-refractivity contribution < 1.29 is 9.59 Å². The fourth-order valence-corrected chi connectivity index (χ4v) is 4.06. The van der Waals surface area contributed by atoms with Crippen molar-refractivity contribution in [1.29, 1.82) is 0 Å². The van der Waals surface area contributed by atoms with Gasteiger partial charge >= 0.3 is 0 Å². The number of benzene rings is 3. The molecule has 0 aliphatic rings. The van der Waals surface area contributed by atoms with Crippen LogP contribution in [-0.2, 0) is 29.0 Å². The molecular weight excluding hydrogens is 456 g/mol. The van der Waals surface area contributed by atoms with Crippen LogP contribution in [0.1, 0.15) is 48.9 Å². The average molecular weight is 491 g/mol. The Bertz CT molecular complexity index is 1080. The molecule has 5 heteroatoms. The Hall–Kier alpha value is -3.11. The topological polar surface area (TPSA) is 49.4 Å². The number of amides is 2. The zero-order chi connectivity index (χ0) is 25.2. The Morgan fingerprint density at radius 2 is 1.51 bits per heavy atom. The lowest BCUT2D eigenvalue weighted by atomic mass is 10.0. The first-order valence-corrected chi connectivity index (χ1v) is 12.7. The lowest BCUT2D eigenvalue weighted by Gasteiger charge is -2.32. The Morgan fingerprint density at radius 3 is 2.14 bits per heavy atom. The maximum Gasteiger partial charge on any atom is 0.243 e. The van der Waals surface area contributed by atoms with E-state index >= 15 is 0 Å². The van der Waals surface area contributed by atoms with Crippen molar-refractivity contribution in [3.05, 3.63) is 106 Å². The number of carbonyl (C=O) groups excluding carboxylic acids is 2. The van der Waals surface area contributed by atoms with Crippen LogP contribution in [0, 0.1) is 6.92 Å². The highest BCUT2D eigenvalue weighted by Gasteiger charge is 2.30. The summed E-state index contributed by atoms with van der Waals surface area (Å²) >= 11 is 6.09. The molecule has 0 heterocycles. The summed E-state index contributed by atoms with van der Waals surface area (Å²) in [6.07, 6.45) is 2.23. The largest absolute Gasteiger partial charge is 0.352 e. The second kappa shape index (κ2) is 13.1. The molecule has 0 spiro atoms. The van der Waals surface area contributed by atoms with E-state index in [1.165, 1.54) is 5.56 Å². The summed E-state index contributed by atoms with van der Waals surface area (Å²) in [6, 6.07) is 25.0. The Labute approximate surface area is 214 Å². The van der Waals surface area contributed by atoms with E-state index in [1.807, 2.05) is 75.4 Å². The first-order chi connectivity index (χ1) is 16.9. The fourth-order valence-electron chi connectivity index (χ4n) is 3.93. The normalized spacial score (nSPS) is 12.6. The van der Waals surface area contributed by atoms with Crippen molar-refractivity contribution >= 4 is 23.4 Å². The molecule has 0 aliphatic heterocycles. The van der Waals surface area contributed by atoms with Crippen molar-refractivity contribution in [3.63, 3.8) is 0 Å². The minimum Gasteiger partial charge on any atom is -0.352 e. The van der Waals surface area contributed by atoms with Gasteiger partial charge in [0.25, 0.3) is 0 Å². The number of halogens is 1. The van der Waals surface area contributed by atoms with Gasteiger partial charge in [-0.3, -0.25) is 9.59 Å². The van der Waals surface area contributed by atoms with E-state index in [2.05, 4.69) is 29.6 Å². The molecule has 0 bridgehead atoms. The summed E-state index contributed by atoms with van der Waals surface area (Å²) in [5.74, 6) is -0.165. The monoisotopic (exact) mass is 490 g/mol. The van der Waals surface area contributed by atoms with Crippen LogP contribution in [0.3, 0.4) is 0 Å². The summed E-state index contributed by atoms with van der Waals surface area (Å²) in [7, 11) is 0. The second-order valence-corrected chi connectivity index (χ2v) is 9.59. The number of aryl methyl sites for hydroxylation is 2. The van der Waals surface area contributed by atoms with Gasteiger partial charge in [0.1, 0.15) is 6.04 Å². The van der Waals surface area contributed by atoms with E-state index in [1.54, 1.807) is 4.90 Å². The highest BCUT2D eigenvalue weighted by Crippen LogP contribution is 2.19. The van der Waals surface area contributed by atoms with Gasteiger partial charge in [0.05, 0.1) is 0 Å². The second-order valence-electron chi connectivity index (χ2n) is 9.16. The van der Waals surface area contributed by atoms with E-state index < -0.39 is 6.04 Å². The molecule has 0 aliphatic carbocycles. The highest BCUT2D eigenvalue weighted by atomic mass is 35.5. The summed E-state index contributed by atoms with van der Waals surface area (Å²) in [5, 5.41) is 3.75. The van der Waals surface area contributed by atoms with E-state index in [0.29, 0.717) is 30.8 Å². The number of carbonyl (C=O) groups is 2. The van der Waals surface area contributed by atoms with Crippen LogP contribution >= 0.6 is 11.6 Å². The molecule has 0 fully saturated rings. The lowest BCUT2D eigenvalue weighted by molar-refractivity contribution is -0.141. The van der Waals surface area contributed by atoms with Crippen molar-refractivity contribution in [1.82, 2.24) is 10.2 Å². The third-order valence-corrected chi connectivity index (χ3v) is 6.54. The van der Waals surface area contributed by atoms with E-state index in [4.69, 9.17) is 11.6 Å². The zero-order valence-corrected chi connectivity index (χ0v) is 21.6. The number of nitrogens with one attached hydrogen (secondary N) is 1. The van der Waals surface area contributed by atoms with E-state index in [0.717, 1.165) is 23.1 Å².